The quantitative estimate of drug-likeness (QED) is 0.677. The summed E-state index contributed by atoms with van der Waals surface area (Å²) in [6.07, 6.45) is 2.54. The van der Waals surface area contributed by atoms with Crippen molar-refractivity contribution in [3.63, 3.8) is 0 Å². The molecular weight excluding hydrogens is 416 g/mol. The van der Waals surface area contributed by atoms with Crippen LogP contribution in [0, 0.1) is 12.8 Å². The van der Waals surface area contributed by atoms with Crippen LogP contribution in [0.3, 0.4) is 0 Å². The molecule has 1 fully saturated rings. The summed E-state index contributed by atoms with van der Waals surface area (Å²) >= 11 is 0. The van der Waals surface area contributed by atoms with E-state index in [2.05, 4.69) is 0 Å². The Morgan fingerprint density at radius 2 is 1.90 bits per heavy atom. The van der Waals surface area contributed by atoms with E-state index in [1.165, 1.54) is 12.1 Å². The van der Waals surface area contributed by atoms with Crippen molar-refractivity contribution in [3.8, 4) is 0 Å². The third kappa shape index (κ3) is 6.95. The number of piperidine rings is 1. The first-order valence-electron chi connectivity index (χ1n) is 10.8. The zero-order valence-electron chi connectivity index (χ0n) is 19.8. The van der Waals surface area contributed by atoms with E-state index in [9.17, 15) is 18.0 Å². The maximum atomic E-state index is 13.2. The molecule has 1 atom stereocenters. The minimum atomic E-state index is -3.40. The van der Waals surface area contributed by atoms with Gasteiger partial charge in [-0.25, -0.2) is 13.2 Å². The van der Waals surface area contributed by atoms with E-state index >= 15 is 0 Å². The van der Waals surface area contributed by atoms with Crippen molar-refractivity contribution in [2.75, 3.05) is 25.9 Å². The van der Waals surface area contributed by atoms with E-state index in [4.69, 9.17) is 4.74 Å². The summed E-state index contributed by atoms with van der Waals surface area (Å²) in [5, 5.41) is 0. The lowest BCUT2D eigenvalue weighted by Crippen LogP contribution is -2.48. The average Bonchev–Trinajstić information content (AvgIpc) is 2.63. The highest BCUT2D eigenvalue weighted by molar-refractivity contribution is 7.90. The molecule has 2 rings (SSSR count). The smallest absolute Gasteiger partial charge is 0.410 e. The average molecular weight is 453 g/mol. The summed E-state index contributed by atoms with van der Waals surface area (Å²) in [7, 11) is -3.40. The maximum absolute atomic E-state index is 13.2. The highest BCUT2D eigenvalue weighted by Gasteiger charge is 2.31. The van der Waals surface area contributed by atoms with E-state index in [1.807, 2.05) is 41.5 Å². The summed E-state index contributed by atoms with van der Waals surface area (Å²) in [6, 6.07) is 4.66. The molecule has 1 aliphatic heterocycles. The fourth-order valence-corrected chi connectivity index (χ4v) is 4.37. The summed E-state index contributed by atoms with van der Waals surface area (Å²) in [5.74, 6) is -0.0351. The lowest BCUT2D eigenvalue weighted by atomic mass is 9.96. The van der Waals surface area contributed by atoms with Gasteiger partial charge in [-0.3, -0.25) is 4.79 Å². The van der Waals surface area contributed by atoms with Crippen LogP contribution in [-0.4, -0.2) is 67.8 Å². The van der Waals surface area contributed by atoms with Crippen LogP contribution < -0.4 is 0 Å². The molecule has 1 heterocycles. The summed E-state index contributed by atoms with van der Waals surface area (Å²) < 4.78 is 29.4. The molecule has 0 spiro atoms. The number of carbonyl (C=O) groups excluding carboxylic acids is 2. The van der Waals surface area contributed by atoms with Gasteiger partial charge in [-0.15, -0.1) is 0 Å². The molecule has 1 saturated heterocycles. The Morgan fingerprint density at radius 1 is 1.26 bits per heavy atom. The molecule has 2 amide bonds. The molecule has 7 nitrogen and oxygen atoms in total. The van der Waals surface area contributed by atoms with Gasteiger partial charge in [0.25, 0.3) is 5.91 Å². The van der Waals surface area contributed by atoms with Gasteiger partial charge in [-0.2, -0.15) is 0 Å². The van der Waals surface area contributed by atoms with Gasteiger partial charge >= 0.3 is 6.09 Å². The molecule has 0 N–H and O–H groups in total. The maximum Gasteiger partial charge on any atom is 0.410 e. The Kier molecular flexibility index (Phi) is 7.79. The predicted octanol–water partition coefficient (Wildman–Crippen LogP) is 3.90. The van der Waals surface area contributed by atoms with Gasteiger partial charge in [0.15, 0.2) is 9.84 Å². The first-order valence-corrected chi connectivity index (χ1v) is 12.7. The fourth-order valence-electron chi connectivity index (χ4n) is 3.73. The normalized spacial score (nSPS) is 17.5. The molecule has 1 unspecified atom stereocenters. The van der Waals surface area contributed by atoms with Crippen molar-refractivity contribution < 1.29 is 22.7 Å². The number of hydrogen-bond donors (Lipinski definition) is 0. The van der Waals surface area contributed by atoms with Crippen molar-refractivity contribution in [1.29, 1.82) is 0 Å². The van der Waals surface area contributed by atoms with Crippen molar-refractivity contribution in [2.45, 2.75) is 70.9 Å². The number of benzene rings is 1. The second kappa shape index (κ2) is 9.59. The minimum absolute atomic E-state index is 0.0189. The van der Waals surface area contributed by atoms with Crippen LogP contribution in [0.15, 0.2) is 23.1 Å². The standard InChI is InChI=1S/C23H36N2O5S/c1-16(2)25(22(27)30-23(4,5)6)15-18-9-8-12-24(14-18)21(26)20-13-19(31(7,28)29)11-10-17(20)3/h10-11,13,16,18H,8-9,12,14-15H2,1-7H3. The lowest BCUT2D eigenvalue weighted by molar-refractivity contribution is 0.0124. The second-order valence-electron chi connectivity index (χ2n) is 9.73. The Bertz CT molecular complexity index is 918. The zero-order valence-corrected chi connectivity index (χ0v) is 20.6. The molecule has 174 valence electrons. The molecule has 8 heteroatoms. The first-order chi connectivity index (χ1) is 14.2. The summed E-state index contributed by atoms with van der Waals surface area (Å²) in [5.41, 5.74) is 0.592. The van der Waals surface area contributed by atoms with Crippen LogP contribution in [0.1, 0.15) is 63.4 Å². The number of sulfone groups is 1. The molecule has 0 radical (unpaired) electrons. The third-order valence-electron chi connectivity index (χ3n) is 5.38. The van der Waals surface area contributed by atoms with Crippen LogP contribution in [0.25, 0.3) is 0 Å². The number of rotatable bonds is 5. The molecule has 31 heavy (non-hydrogen) atoms. The number of hydrogen-bond acceptors (Lipinski definition) is 5. The number of amides is 2. The number of ether oxygens (including phenoxy) is 1. The van der Waals surface area contributed by atoms with Gasteiger partial charge in [0.2, 0.25) is 0 Å². The van der Waals surface area contributed by atoms with E-state index < -0.39 is 15.4 Å². The molecule has 0 saturated carbocycles. The van der Waals surface area contributed by atoms with E-state index in [-0.39, 0.29) is 28.9 Å². The Morgan fingerprint density at radius 3 is 2.45 bits per heavy atom. The van der Waals surface area contributed by atoms with Gasteiger partial charge in [-0.05, 0) is 78.0 Å². The molecule has 0 aliphatic carbocycles. The largest absolute Gasteiger partial charge is 0.444 e. The van der Waals surface area contributed by atoms with Crippen molar-refractivity contribution in [1.82, 2.24) is 9.80 Å². The highest BCUT2D eigenvalue weighted by atomic mass is 32.2. The van der Waals surface area contributed by atoms with E-state index in [0.29, 0.717) is 25.2 Å². The molecule has 1 aromatic rings. The molecule has 0 bridgehead atoms. The molecule has 0 aromatic heterocycles. The predicted molar refractivity (Wildman–Crippen MR) is 121 cm³/mol. The van der Waals surface area contributed by atoms with Gasteiger partial charge in [0, 0.05) is 37.5 Å². The van der Waals surface area contributed by atoms with Crippen molar-refractivity contribution >= 4 is 21.8 Å². The van der Waals surface area contributed by atoms with Crippen LogP contribution >= 0.6 is 0 Å². The number of nitrogens with zero attached hydrogens (tertiary/aromatic N) is 2. The van der Waals surface area contributed by atoms with Crippen LogP contribution in [-0.2, 0) is 14.6 Å². The van der Waals surface area contributed by atoms with Gasteiger partial charge in [-0.1, -0.05) is 6.07 Å². The van der Waals surface area contributed by atoms with Gasteiger partial charge < -0.3 is 14.5 Å². The minimum Gasteiger partial charge on any atom is -0.444 e. The Balaban J connectivity index is 2.16. The topological polar surface area (TPSA) is 84.0 Å². The van der Waals surface area contributed by atoms with Crippen molar-refractivity contribution in [3.05, 3.63) is 29.3 Å². The van der Waals surface area contributed by atoms with Gasteiger partial charge in [0.1, 0.15) is 5.60 Å². The lowest BCUT2D eigenvalue weighted by Gasteiger charge is -2.37. The third-order valence-corrected chi connectivity index (χ3v) is 6.49. The van der Waals surface area contributed by atoms with Crippen molar-refractivity contribution in [2.24, 2.45) is 5.92 Å². The fraction of sp³-hybridized carbons (Fsp3) is 0.652. The molecule has 1 aliphatic rings. The first kappa shape index (κ1) is 25.2. The van der Waals surface area contributed by atoms with Gasteiger partial charge in [0.05, 0.1) is 4.90 Å². The zero-order chi connectivity index (χ0) is 23.6. The number of aryl methyl sites for hydroxylation is 1. The highest BCUT2D eigenvalue weighted by Crippen LogP contribution is 2.24. The Hall–Kier alpha value is -2.09. The number of carbonyl (C=O) groups is 2. The molecule has 1 aromatic carbocycles. The summed E-state index contributed by atoms with van der Waals surface area (Å²) in [4.78, 5) is 29.5. The van der Waals surface area contributed by atoms with Crippen LogP contribution in [0.5, 0.6) is 0 Å². The second-order valence-corrected chi connectivity index (χ2v) is 11.8. The number of likely N-dealkylation sites (tertiary alicyclic amines) is 1. The Labute approximate surface area is 186 Å². The summed E-state index contributed by atoms with van der Waals surface area (Å²) in [6.45, 7) is 12.9. The van der Waals surface area contributed by atoms with E-state index in [0.717, 1.165) is 24.7 Å². The van der Waals surface area contributed by atoms with E-state index in [1.54, 1.807) is 15.9 Å². The van der Waals surface area contributed by atoms with Crippen LogP contribution in [0.4, 0.5) is 4.79 Å². The van der Waals surface area contributed by atoms with Crippen LogP contribution in [0.2, 0.25) is 0 Å². The SMILES string of the molecule is Cc1ccc(S(C)(=O)=O)cc1C(=O)N1CCCC(CN(C(=O)OC(C)(C)C)C(C)C)C1. The monoisotopic (exact) mass is 452 g/mol. The molecular formula is C23H36N2O5S.